The molecule has 1 fully saturated rings. The van der Waals surface area contributed by atoms with Crippen molar-refractivity contribution in [2.75, 3.05) is 26.2 Å². The largest absolute Gasteiger partial charge is 0.340 e. The molecule has 1 amide bonds. The lowest BCUT2D eigenvalue weighted by atomic mass is 10.1. The number of hydrogen-bond donors (Lipinski definition) is 0. The van der Waals surface area contributed by atoms with Crippen molar-refractivity contribution in [2.45, 2.75) is 13.0 Å². The summed E-state index contributed by atoms with van der Waals surface area (Å²) in [7, 11) is 0. The maximum Gasteiger partial charge on any atom is 0.227 e. The van der Waals surface area contributed by atoms with Gasteiger partial charge in [-0.1, -0.05) is 35.3 Å². The molecule has 0 radical (unpaired) electrons. The molecule has 0 saturated carbocycles. The third-order valence-electron chi connectivity index (χ3n) is 4.86. The number of carbonyl (C=O) groups is 1. The number of carbonyl (C=O) groups excluding carboxylic acids is 1. The Labute approximate surface area is 168 Å². The van der Waals surface area contributed by atoms with Gasteiger partial charge < -0.3 is 9.30 Å². The normalized spacial score (nSPS) is 15.4. The van der Waals surface area contributed by atoms with Crippen molar-refractivity contribution in [1.29, 1.82) is 0 Å². The SMILES string of the molecule is O=C(Cc1ccc(Cl)c(Cl)c1)N1CCN(Cc2cn3ccccc3n2)CC1. The van der Waals surface area contributed by atoms with Crippen LogP contribution in [0, 0.1) is 0 Å². The van der Waals surface area contributed by atoms with E-state index in [-0.39, 0.29) is 5.91 Å². The van der Waals surface area contributed by atoms with Gasteiger partial charge in [0, 0.05) is 45.1 Å². The van der Waals surface area contributed by atoms with Crippen LogP contribution in [0.15, 0.2) is 48.8 Å². The van der Waals surface area contributed by atoms with E-state index < -0.39 is 0 Å². The van der Waals surface area contributed by atoms with E-state index in [1.165, 1.54) is 0 Å². The van der Waals surface area contributed by atoms with E-state index >= 15 is 0 Å². The highest BCUT2D eigenvalue weighted by molar-refractivity contribution is 6.42. The zero-order valence-corrected chi connectivity index (χ0v) is 16.3. The van der Waals surface area contributed by atoms with E-state index in [1.807, 2.05) is 39.8 Å². The fraction of sp³-hybridized carbons (Fsp3) is 0.300. The molecule has 7 heteroatoms. The molecule has 0 aliphatic carbocycles. The van der Waals surface area contributed by atoms with Gasteiger partial charge in [-0.3, -0.25) is 9.69 Å². The summed E-state index contributed by atoms with van der Waals surface area (Å²) in [5.74, 6) is 0.126. The van der Waals surface area contributed by atoms with E-state index in [2.05, 4.69) is 16.1 Å². The Hall–Kier alpha value is -2.08. The molecule has 0 spiro atoms. The fourth-order valence-electron chi connectivity index (χ4n) is 3.38. The first-order valence-corrected chi connectivity index (χ1v) is 9.71. The van der Waals surface area contributed by atoms with Crippen LogP contribution in [0.3, 0.4) is 0 Å². The minimum Gasteiger partial charge on any atom is -0.340 e. The Bertz CT molecular complexity index is 931. The Morgan fingerprint density at radius 3 is 2.59 bits per heavy atom. The van der Waals surface area contributed by atoms with Gasteiger partial charge in [-0.2, -0.15) is 0 Å². The van der Waals surface area contributed by atoms with Crippen LogP contribution < -0.4 is 0 Å². The summed E-state index contributed by atoms with van der Waals surface area (Å²) >= 11 is 12.0. The molecule has 3 aromatic rings. The Morgan fingerprint density at radius 2 is 1.85 bits per heavy atom. The van der Waals surface area contributed by atoms with Crippen molar-refractivity contribution < 1.29 is 4.79 Å². The fourth-order valence-corrected chi connectivity index (χ4v) is 3.70. The highest BCUT2D eigenvalue weighted by atomic mass is 35.5. The predicted octanol–water partition coefficient (Wildman–Crippen LogP) is 3.53. The number of halogens is 2. The second-order valence-electron chi connectivity index (χ2n) is 6.78. The standard InChI is InChI=1S/C20H20Cl2N4O/c21-17-5-4-15(11-18(17)22)12-20(27)25-9-7-24(8-10-25)13-16-14-26-6-2-1-3-19(26)23-16/h1-6,11,14H,7-10,12-13H2. The average Bonchev–Trinajstić information content (AvgIpc) is 3.07. The van der Waals surface area contributed by atoms with Gasteiger partial charge in [0.15, 0.2) is 0 Å². The molecule has 0 bridgehead atoms. The number of pyridine rings is 1. The van der Waals surface area contributed by atoms with Crippen LogP contribution in [0.5, 0.6) is 0 Å². The number of amides is 1. The van der Waals surface area contributed by atoms with Gasteiger partial charge in [-0.05, 0) is 29.8 Å². The van der Waals surface area contributed by atoms with Crippen molar-refractivity contribution in [1.82, 2.24) is 19.2 Å². The van der Waals surface area contributed by atoms with E-state index in [0.29, 0.717) is 16.5 Å². The molecule has 1 aliphatic heterocycles. The summed E-state index contributed by atoms with van der Waals surface area (Å²) < 4.78 is 2.03. The number of piperazine rings is 1. The number of rotatable bonds is 4. The smallest absolute Gasteiger partial charge is 0.227 e. The minimum atomic E-state index is 0.126. The van der Waals surface area contributed by atoms with Crippen molar-refractivity contribution >= 4 is 34.8 Å². The monoisotopic (exact) mass is 402 g/mol. The molecule has 0 unspecified atom stereocenters. The molecule has 2 aromatic heterocycles. The first kappa shape index (κ1) is 18.3. The predicted molar refractivity (Wildman–Crippen MR) is 107 cm³/mol. The summed E-state index contributed by atoms with van der Waals surface area (Å²) in [5, 5.41) is 0.993. The number of benzene rings is 1. The van der Waals surface area contributed by atoms with Gasteiger partial charge in [0.25, 0.3) is 0 Å². The summed E-state index contributed by atoms with van der Waals surface area (Å²) in [6.07, 6.45) is 4.42. The summed E-state index contributed by atoms with van der Waals surface area (Å²) in [5.41, 5.74) is 2.90. The molecule has 27 heavy (non-hydrogen) atoms. The molecule has 1 aliphatic rings. The van der Waals surface area contributed by atoms with Crippen LogP contribution in [0.1, 0.15) is 11.3 Å². The van der Waals surface area contributed by atoms with Gasteiger partial charge >= 0.3 is 0 Å². The number of hydrogen-bond acceptors (Lipinski definition) is 3. The molecule has 1 aromatic carbocycles. The first-order chi connectivity index (χ1) is 13.1. The highest BCUT2D eigenvalue weighted by Crippen LogP contribution is 2.23. The van der Waals surface area contributed by atoms with Crippen molar-refractivity contribution in [3.63, 3.8) is 0 Å². The number of nitrogens with zero attached hydrogens (tertiary/aromatic N) is 4. The second kappa shape index (κ2) is 7.89. The zero-order valence-electron chi connectivity index (χ0n) is 14.8. The van der Waals surface area contributed by atoms with Crippen LogP contribution in [0.4, 0.5) is 0 Å². The number of imidazole rings is 1. The number of fused-ring (bicyclic) bond motifs is 1. The Kier molecular flexibility index (Phi) is 5.34. The van der Waals surface area contributed by atoms with Crippen LogP contribution in [-0.2, 0) is 17.8 Å². The van der Waals surface area contributed by atoms with Crippen LogP contribution in [0.25, 0.3) is 5.65 Å². The van der Waals surface area contributed by atoms with Gasteiger partial charge in [0.05, 0.1) is 22.2 Å². The van der Waals surface area contributed by atoms with Gasteiger partial charge in [0.1, 0.15) is 5.65 Å². The van der Waals surface area contributed by atoms with Crippen molar-refractivity contribution in [3.8, 4) is 0 Å². The molecule has 3 heterocycles. The van der Waals surface area contributed by atoms with E-state index in [4.69, 9.17) is 23.2 Å². The van der Waals surface area contributed by atoms with Crippen molar-refractivity contribution in [2.24, 2.45) is 0 Å². The summed E-state index contributed by atoms with van der Waals surface area (Å²) in [4.78, 5) is 21.5. The molecular weight excluding hydrogens is 383 g/mol. The Balaban J connectivity index is 1.31. The molecule has 4 rings (SSSR count). The lowest BCUT2D eigenvalue weighted by Gasteiger charge is -2.34. The highest BCUT2D eigenvalue weighted by Gasteiger charge is 2.22. The topological polar surface area (TPSA) is 40.9 Å². The van der Waals surface area contributed by atoms with Gasteiger partial charge in [0.2, 0.25) is 5.91 Å². The van der Waals surface area contributed by atoms with E-state index in [9.17, 15) is 4.79 Å². The maximum atomic E-state index is 12.6. The van der Waals surface area contributed by atoms with Gasteiger partial charge in [-0.25, -0.2) is 4.98 Å². The maximum absolute atomic E-state index is 12.6. The third-order valence-corrected chi connectivity index (χ3v) is 5.60. The minimum absolute atomic E-state index is 0.126. The van der Waals surface area contributed by atoms with Gasteiger partial charge in [-0.15, -0.1) is 0 Å². The van der Waals surface area contributed by atoms with E-state index in [1.54, 1.807) is 12.1 Å². The van der Waals surface area contributed by atoms with E-state index in [0.717, 1.165) is 49.6 Å². The van der Waals surface area contributed by atoms with Crippen LogP contribution in [0.2, 0.25) is 10.0 Å². The first-order valence-electron chi connectivity index (χ1n) is 8.95. The summed E-state index contributed by atoms with van der Waals surface area (Å²) in [6, 6.07) is 11.3. The quantitative estimate of drug-likeness (QED) is 0.669. The molecule has 140 valence electrons. The Morgan fingerprint density at radius 1 is 1.04 bits per heavy atom. The third kappa shape index (κ3) is 4.26. The van der Waals surface area contributed by atoms with Crippen LogP contribution in [-0.4, -0.2) is 51.3 Å². The molecular formula is C20H20Cl2N4O. The van der Waals surface area contributed by atoms with Crippen LogP contribution >= 0.6 is 23.2 Å². The van der Waals surface area contributed by atoms with Crippen molar-refractivity contribution in [3.05, 3.63) is 70.1 Å². The average molecular weight is 403 g/mol. The molecule has 0 atom stereocenters. The second-order valence-corrected chi connectivity index (χ2v) is 7.59. The molecule has 1 saturated heterocycles. The molecule has 0 N–H and O–H groups in total. The summed E-state index contributed by atoms with van der Waals surface area (Å²) in [6.45, 7) is 3.96. The lowest BCUT2D eigenvalue weighted by molar-refractivity contribution is -0.132. The lowest BCUT2D eigenvalue weighted by Crippen LogP contribution is -2.48. The molecule has 5 nitrogen and oxygen atoms in total. The zero-order chi connectivity index (χ0) is 18.8. The number of aromatic nitrogens is 2.